The van der Waals surface area contributed by atoms with Crippen molar-refractivity contribution >= 4 is 35.9 Å². The van der Waals surface area contributed by atoms with Crippen molar-refractivity contribution in [2.24, 2.45) is 10.9 Å². The summed E-state index contributed by atoms with van der Waals surface area (Å²) in [5, 5.41) is 3.40. The second kappa shape index (κ2) is 12.9. The maximum atomic E-state index is 11.8. The van der Waals surface area contributed by atoms with Gasteiger partial charge in [-0.1, -0.05) is 12.1 Å². The van der Waals surface area contributed by atoms with Gasteiger partial charge >= 0.3 is 5.97 Å². The van der Waals surface area contributed by atoms with E-state index in [-0.39, 0.29) is 41.9 Å². The van der Waals surface area contributed by atoms with E-state index in [0.29, 0.717) is 6.54 Å². The van der Waals surface area contributed by atoms with Crippen LogP contribution in [0.1, 0.15) is 31.4 Å². The molecule has 1 aromatic carbocycles. The van der Waals surface area contributed by atoms with Crippen LogP contribution in [0.4, 0.5) is 0 Å². The molecule has 1 aliphatic rings. The standard InChI is InChI=1S/C21H34N4O3.HI/c1-6-22-21(25-12-10-16(11-13-25)20(26)28-5)23-15-19(24(2)3)17-8-7-9-18(14-17)27-4;/h7-9,14,16,19H,6,10-13,15H2,1-5H3,(H,22,23);1H. The van der Waals surface area contributed by atoms with Crippen LogP contribution in [0.25, 0.3) is 0 Å². The van der Waals surface area contributed by atoms with E-state index >= 15 is 0 Å². The highest BCUT2D eigenvalue weighted by molar-refractivity contribution is 14.0. The van der Waals surface area contributed by atoms with Gasteiger partial charge in [0.1, 0.15) is 5.75 Å². The highest BCUT2D eigenvalue weighted by Crippen LogP contribution is 2.23. The Balaban J connectivity index is 0.00000420. The molecule has 0 radical (unpaired) electrons. The highest BCUT2D eigenvalue weighted by atomic mass is 127. The minimum Gasteiger partial charge on any atom is -0.497 e. The van der Waals surface area contributed by atoms with Crippen molar-refractivity contribution in [3.63, 3.8) is 0 Å². The van der Waals surface area contributed by atoms with Crippen molar-refractivity contribution in [1.82, 2.24) is 15.1 Å². The number of nitrogens with zero attached hydrogens (tertiary/aromatic N) is 3. The predicted octanol–water partition coefficient (Wildman–Crippen LogP) is 2.77. The summed E-state index contributed by atoms with van der Waals surface area (Å²) in [6, 6.07) is 8.29. The molecule has 29 heavy (non-hydrogen) atoms. The number of aliphatic imine (C=N–C) groups is 1. The molecule has 0 spiro atoms. The summed E-state index contributed by atoms with van der Waals surface area (Å²) in [7, 11) is 7.27. The first-order valence-corrected chi connectivity index (χ1v) is 9.91. The third kappa shape index (κ3) is 7.33. The number of ether oxygens (including phenoxy) is 2. The average Bonchev–Trinajstić information content (AvgIpc) is 2.72. The molecule has 0 saturated carbocycles. The Labute approximate surface area is 191 Å². The molecular weight excluding hydrogens is 483 g/mol. The molecule has 0 amide bonds. The molecule has 0 aliphatic carbocycles. The van der Waals surface area contributed by atoms with E-state index in [1.807, 2.05) is 12.1 Å². The quantitative estimate of drug-likeness (QED) is 0.259. The van der Waals surface area contributed by atoms with Crippen LogP contribution in [0.15, 0.2) is 29.3 Å². The summed E-state index contributed by atoms with van der Waals surface area (Å²) in [6.07, 6.45) is 1.59. The van der Waals surface area contributed by atoms with Gasteiger partial charge in [0.25, 0.3) is 0 Å². The lowest BCUT2D eigenvalue weighted by Crippen LogP contribution is -2.47. The first-order valence-electron chi connectivity index (χ1n) is 9.91. The number of likely N-dealkylation sites (tertiary alicyclic amines) is 1. The number of guanidine groups is 1. The van der Waals surface area contributed by atoms with Crippen molar-refractivity contribution < 1.29 is 14.3 Å². The average molecular weight is 518 g/mol. The first kappa shape index (κ1) is 25.5. The largest absolute Gasteiger partial charge is 0.497 e. The predicted molar refractivity (Wildman–Crippen MR) is 127 cm³/mol. The molecule has 1 fully saturated rings. The number of hydrogen-bond acceptors (Lipinski definition) is 5. The van der Waals surface area contributed by atoms with Gasteiger partial charge in [0.15, 0.2) is 5.96 Å². The summed E-state index contributed by atoms with van der Waals surface area (Å²) in [4.78, 5) is 21.1. The topological polar surface area (TPSA) is 66.4 Å². The molecule has 0 bridgehead atoms. The van der Waals surface area contributed by atoms with Gasteiger partial charge < -0.3 is 24.6 Å². The minimum atomic E-state index is -0.104. The van der Waals surface area contributed by atoms with E-state index < -0.39 is 0 Å². The van der Waals surface area contributed by atoms with Crippen molar-refractivity contribution in [3.05, 3.63) is 29.8 Å². The van der Waals surface area contributed by atoms with Crippen LogP contribution in [-0.2, 0) is 9.53 Å². The molecule has 1 heterocycles. The van der Waals surface area contributed by atoms with E-state index in [4.69, 9.17) is 14.5 Å². The number of carbonyl (C=O) groups is 1. The number of piperidine rings is 1. The fourth-order valence-electron chi connectivity index (χ4n) is 3.51. The first-order chi connectivity index (χ1) is 13.5. The monoisotopic (exact) mass is 518 g/mol. The molecular formula is C21H35IN4O3. The van der Waals surface area contributed by atoms with Gasteiger partial charge in [-0.2, -0.15) is 0 Å². The zero-order valence-electron chi connectivity index (χ0n) is 18.2. The van der Waals surface area contributed by atoms with Crippen LogP contribution in [0.5, 0.6) is 5.75 Å². The molecule has 1 aliphatic heterocycles. The molecule has 1 aromatic rings. The summed E-state index contributed by atoms with van der Waals surface area (Å²) in [5.41, 5.74) is 1.17. The molecule has 8 heteroatoms. The number of hydrogen-bond donors (Lipinski definition) is 1. The summed E-state index contributed by atoms with van der Waals surface area (Å²) < 4.78 is 10.3. The van der Waals surface area contributed by atoms with Gasteiger partial charge in [0, 0.05) is 19.6 Å². The van der Waals surface area contributed by atoms with Crippen molar-refractivity contribution in [2.45, 2.75) is 25.8 Å². The van der Waals surface area contributed by atoms with Crippen molar-refractivity contribution in [2.75, 3.05) is 54.5 Å². The second-order valence-electron chi connectivity index (χ2n) is 7.24. The maximum absolute atomic E-state index is 11.8. The molecule has 7 nitrogen and oxygen atoms in total. The van der Waals surface area contributed by atoms with Gasteiger partial charge in [-0.05, 0) is 51.6 Å². The van der Waals surface area contributed by atoms with Gasteiger partial charge in [-0.15, -0.1) is 24.0 Å². The zero-order valence-corrected chi connectivity index (χ0v) is 20.5. The maximum Gasteiger partial charge on any atom is 0.308 e. The lowest BCUT2D eigenvalue weighted by Gasteiger charge is -2.33. The summed E-state index contributed by atoms with van der Waals surface area (Å²) in [6.45, 7) is 5.12. The molecule has 164 valence electrons. The SMILES string of the molecule is CCNC(=NCC(c1cccc(OC)c1)N(C)C)N1CCC(C(=O)OC)CC1.I. The summed E-state index contributed by atoms with van der Waals surface area (Å²) >= 11 is 0. The van der Waals surface area contributed by atoms with Crippen LogP contribution in [-0.4, -0.2) is 76.2 Å². The molecule has 2 rings (SSSR count). The van der Waals surface area contributed by atoms with Gasteiger partial charge in [0.05, 0.1) is 32.7 Å². The van der Waals surface area contributed by atoms with E-state index in [1.54, 1.807) is 7.11 Å². The van der Waals surface area contributed by atoms with E-state index in [9.17, 15) is 4.79 Å². The smallest absolute Gasteiger partial charge is 0.308 e. The molecule has 0 aromatic heterocycles. The van der Waals surface area contributed by atoms with E-state index in [1.165, 1.54) is 12.7 Å². The minimum absolute atomic E-state index is 0. The fourth-order valence-corrected chi connectivity index (χ4v) is 3.51. The third-order valence-electron chi connectivity index (χ3n) is 5.18. The van der Waals surface area contributed by atoms with Crippen LogP contribution in [0, 0.1) is 5.92 Å². The number of benzene rings is 1. The van der Waals surface area contributed by atoms with Gasteiger partial charge in [0.2, 0.25) is 0 Å². The molecule has 1 atom stereocenters. The Morgan fingerprint density at radius 2 is 2.00 bits per heavy atom. The Morgan fingerprint density at radius 3 is 2.55 bits per heavy atom. The number of esters is 1. The Bertz CT molecular complexity index is 661. The fraction of sp³-hybridized carbons (Fsp3) is 0.619. The van der Waals surface area contributed by atoms with E-state index in [0.717, 1.165) is 44.2 Å². The lowest BCUT2D eigenvalue weighted by atomic mass is 9.97. The number of rotatable bonds is 7. The van der Waals surface area contributed by atoms with Crippen molar-refractivity contribution in [3.8, 4) is 5.75 Å². The second-order valence-corrected chi connectivity index (χ2v) is 7.24. The van der Waals surface area contributed by atoms with Crippen molar-refractivity contribution in [1.29, 1.82) is 0 Å². The van der Waals surface area contributed by atoms with E-state index in [2.05, 4.69) is 48.3 Å². The highest BCUT2D eigenvalue weighted by Gasteiger charge is 2.27. The number of carbonyl (C=O) groups excluding carboxylic acids is 1. The Morgan fingerprint density at radius 1 is 1.31 bits per heavy atom. The number of halogens is 1. The van der Waals surface area contributed by atoms with Gasteiger partial charge in [-0.3, -0.25) is 9.79 Å². The Hall–Kier alpha value is -1.55. The normalized spacial score (nSPS) is 16.2. The van der Waals surface area contributed by atoms with Crippen LogP contribution in [0.2, 0.25) is 0 Å². The molecule has 1 saturated heterocycles. The molecule has 1 unspecified atom stereocenters. The van der Waals surface area contributed by atoms with Crippen LogP contribution >= 0.6 is 24.0 Å². The van der Waals surface area contributed by atoms with Crippen LogP contribution < -0.4 is 10.1 Å². The van der Waals surface area contributed by atoms with Gasteiger partial charge in [-0.25, -0.2) is 0 Å². The lowest BCUT2D eigenvalue weighted by molar-refractivity contribution is -0.146. The number of nitrogens with one attached hydrogen (secondary N) is 1. The Kier molecular flexibility index (Phi) is 11.3. The van der Waals surface area contributed by atoms with Crippen LogP contribution in [0.3, 0.4) is 0 Å². The number of likely N-dealkylation sites (N-methyl/N-ethyl adjacent to an activating group) is 1. The zero-order chi connectivity index (χ0) is 20.5. The number of methoxy groups -OCH3 is 2. The summed E-state index contributed by atoms with van der Waals surface area (Å²) in [5.74, 6) is 1.65. The molecule has 1 N–H and O–H groups in total. The third-order valence-corrected chi connectivity index (χ3v) is 5.18.